The molecule has 6 heteroatoms. The number of likely N-dealkylation sites (tertiary alicyclic amines) is 1. The summed E-state index contributed by atoms with van der Waals surface area (Å²) in [5.41, 5.74) is 8.80. The van der Waals surface area contributed by atoms with E-state index in [1.165, 1.54) is 5.56 Å². The Balaban J connectivity index is 1.11. The number of para-hydroxylation sites is 2. The summed E-state index contributed by atoms with van der Waals surface area (Å²) >= 11 is 0. The van der Waals surface area contributed by atoms with Crippen molar-refractivity contribution in [2.75, 3.05) is 18.4 Å². The summed E-state index contributed by atoms with van der Waals surface area (Å²) in [5.74, 6) is 0. The highest BCUT2D eigenvalue weighted by atomic mass is 16.2. The summed E-state index contributed by atoms with van der Waals surface area (Å²) in [6, 6.07) is 34.6. The summed E-state index contributed by atoms with van der Waals surface area (Å²) in [6.45, 7) is 4.51. The number of urea groups is 1. The molecule has 1 aromatic heterocycles. The van der Waals surface area contributed by atoms with Gasteiger partial charge in [-0.05, 0) is 42.3 Å². The van der Waals surface area contributed by atoms with Crippen LogP contribution in [0.15, 0.2) is 103 Å². The number of aryl methyl sites for hydroxylation is 1. The smallest absolute Gasteiger partial charge is 0.319 e. The van der Waals surface area contributed by atoms with Crippen LogP contribution in [0.3, 0.4) is 0 Å². The molecule has 6 nitrogen and oxygen atoms in total. The number of fused-ring (bicyclic) bond motifs is 1. The molecule has 5 aromatic rings. The number of rotatable bonds is 6. The highest BCUT2D eigenvalue weighted by Gasteiger charge is 2.28. The van der Waals surface area contributed by atoms with Crippen molar-refractivity contribution in [3.05, 3.63) is 114 Å². The first-order valence-electron chi connectivity index (χ1n) is 12.9. The molecule has 4 aromatic carbocycles. The van der Waals surface area contributed by atoms with E-state index in [1.807, 2.05) is 73.7 Å². The minimum atomic E-state index is -0.157. The highest BCUT2D eigenvalue weighted by Crippen LogP contribution is 2.31. The molecule has 0 unspecified atom stereocenters. The van der Waals surface area contributed by atoms with E-state index in [0.717, 1.165) is 64.4 Å². The molecular weight excluding hydrogens is 470 g/mol. The van der Waals surface area contributed by atoms with Crippen LogP contribution >= 0.6 is 0 Å². The Morgan fingerprint density at radius 2 is 1.42 bits per heavy atom. The van der Waals surface area contributed by atoms with Crippen molar-refractivity contribution in [3.8, 4) is 22.5 Å². The Morgan fingerprint density at radius 1 is 0.789 bits per heavy atom. The maximum atomic E-state index is 12.3. The van der Waals surface area contributed by atoms with Crippen molar-refractivity contribution in [3.63, 3.8) is 0 Å². The topological polar surface area (TPSA) is 70.2 Å². The number of anilines is 1. The van der Waals surface area contributed by atoms with E-state index in [9.17, 15) is 4.79 Å². The predicted octanol–water partition coefficient (Wildman–Crippen LogP) is 6.28. The van der Waals surface area contributed by atoms with Crippen LogP contribution in [0.1, 0.15) is 11.1 Å². The fourth-order valence-electron chi connectivity index (χ4n) is 4.89. The summed E-state index contributed by atoms with van der Waals surface area (Å²) in [5, 5.41) is 5.98. The number of aromatic nitrogens is 2. The largest absolute Gasteiger partial charge is 0.333 e. The Labute approximate surface area is 222 Å². The van der Waals surface area contributed by atoms with Gasteiger partial charge in [0.1, 0.15) is 0 Å². The zero-order chi connectivity index (χ0) is 25.9. The van der Waals surface area contributed by atoms with Crippen molar-refractivity contribution in [1.29, 1.82) is 0 Å². The summed E-state index contributed by atoms with van der Waals surface area (Å²) in [7, 11) is 0. The lowest BCUT2D eigenvalue weighted by molar-refractivity contribution is 0.124. The molecule has 0 aliphatic carbocycles. The van der Waals surface area contributed by atoms with E-state index in [0.29, 0.717) is 0 Å². The van der Waals surface area contributed by atoms with Gasteiger partial charge in [-0.25, -0.2) is 14.8 Å². The van der Waals surface area contributed by atoms with E-state index in [1.54, 1.807) is 0 Å². The Bertz CT molecular complexity index is 1580. The van der Waals surface area contributed by atoms with Gasteiger partial charge in [0.25, 0.3) is 0 Å². The molecule has 0 bridgehead atoms. The van der Waals surface area contributed by atoms with Crippen molar-refractivity contribution in [2.45, 2.75) is 19.5 Å². The molecule has 6 rings (SSSR count). The molecule has 0 radical (unpaired) electrons. The Hall–Kier alpha value is -4.55. The van der Waals surface area contributed by atoms with Crippen LogP contribution in [0.5, 0.6) is 0 Å². The summed E-state index contributed by atoms with van der Waals surface area (Å²) in [6.07, 6.45) is 0. The van der Waals surface area contributed by atoms with E-state index in [4.69, 9.17) is 9.97 Å². The molecular formula is C32H29N5O. The number of nitrogens with one attached hydrogen (secondary N) is 2. The zero-order valence-corrected chi connectivity index (χ0v) is 21.3. The van der Waals surface area contributed by atoms with Gasteiger partial charge in [0.15, 0.2) is 0 Å². The van der Waals surface area contributed by atoms with Crippen LogP contribution in [0.25, 0.3) is 33.5 Å². The molecule has 1 aliphatic rings. The van der Waals surface area contributed by atoms with Crippen LogP contribution in [0.2, 0.25) is 0 Å². The van der Waals surface area contributed by atoms with E-state index >= 15 is 0 Å². The maximum absolute atomic E-state index is 12.3. The maximum Gasteiger partial charge on any atom is 0.319 e. The number of amides is 2. The molecule has 188 valence electrons. The first kappa shape index (κ1) is 23.8. The van der Waals surface area contributed by atoms with Crippen LogP contribution in [0.4, 0.5) is 10.5 Å². The van der Waals surface area contributed by atoms with Crippen LogP contribution < -0.4 is 10.6 Å². The average Bonchev–Trinajstić information content (AvgIpc) is 2.92. The predicted molar refractivity (Wildman–Crippen MR) is 153 cm³/mol. The number of hydrogen-bond acceptors (Lipinski definition) is 4. The second-order valence-corrected chi connectivity index (χ2v) is 9.83. The van der Waals surface area contributed by atoms with Gasteiger partial charge in [-0.15, -0.1) is 0 Å². The lowest BCUT2D eigenvalue weighted by Gasteiger charge is -2.39. The summed E-state index contributed by atoms with van der Waals surface area (Å²) < 4.78 is 0. The molecule has 1 fully saturated rings. The Morgan fingerprint density at radius 3 is 2.08 bits per heavy atom. The van der Waals surface area contributed by atoms with Crippen LogP contribution in [0, 0.1) is 6.92 Å². The number of carbonyl (C=O) groups is 1. The molecule has 0 atom stereocenters. The molecule has 0 saturated carbocycles. The molecule has 1 aliphatic heterocycles. The molecule has 2 N–H and O–H groups in total. The lowest BCUT2D eigenvalue weighted by atomic mass is 10.0. The standard InChI is InChI=1S/C32H29N5O/c1-22-8-7-11-26(18-22)33-32(38)34-27-20-37(21-27)19-23-14-16-25(17-15-23)31-30(24-9-3-2-4-10-24)35-28-12-5-6-13-29(28)36-31/h2-18,27H,19-21H2,1H3,(H2,33,34,38). The molecule has 2 amide bonds. The molecule has 0 spiro atoms. The van der Waals surface area contributed by atoms with Gasteiger partial charge in [-0.2, -0.15) is 0 Å². The van der Waals surface area contributed by atoms with Gasteiger partial charge in [0, 0.05) is 36.4 Å². The van der Waals surface area contributed by atoms with Crippen molar-refractivity contribution >= 4 is 22.8 Å². The van der Waals surface area contributed by atoms with Crippen molar-refractivity contribution in [2.24, 2.45) is 0 Å². The fourth-order valence-corrected chi connectivity index (χ4v) is 4.89. The minimum absolute atomic E-state index is 0.153. The quantitative estimate of drug-likeness (QED) is 0.289. The monoisotopic (exact) mass is 499 g/mol. The Kier molecular flexibility index (Phi) is 6.54. The minimum Gasteiger partial charge on any atom is -0.333 e. The second-order valence-electron chi connectivity index (χ2n) is 9.83. The number of nitrogens with zero attached hydrogens (tertiary/aromatic N) is 3. The molecule has 38 heavy (non-hydrogen) atoms. The SMILES string of the molecule is Cc1cccc(NC(=O)NC2CN(Cc3ccc(-c4nc5ccccc5nc4-c4ccccc4)cc3)C2)c1. The third-order valence-electron chi connectivity index (χ3n) is 6.82. The molecule has 1 saturated heterocycles. The van der Waals surface area contributed by atoms with Crippen molar-refractivity contribution in [1.82, 2.24) is 20.2 Å². The van der Waals surface area contributed by atoms with Gasteiger partial charge in [0.2, 0.25) is 0 Å². The third-order valence-corrected chi connectivity index (χ3v) is 6.82. The number of benzene rings is 4. The van der Waals surface area contributed by atoms with Gasteiger partial charge >= 0.3 is 6.03 Å². The second kappa shape index (κ2) is 10.4. The van der Waals surface area contributed by atoms with Crippen LogP contribution in [-0.4, -0.2) is 40.0 Å². The highest BCUT2D eigenvalue weighted by molar-refractivity contribution is 5.89. The first-order chi connectivity index (χ1) is 18.6. The van der Waals surface area contributed by atoms with E-state index in [2.05, 4.69) is 51.9 Å². The summed E-state index contributed by atoms with van der Waals surface area (Å²) in [4.78, 5) is 24.6. The van der Waals surface area contributed by atoms with Gasteiger partial charge in [-0.1, -0.05) is 78.9 Å². The van der Waals surface area contributed by atoms with Crippen LogP contribution in [-0.2, 0) is 6.54 Å². The van der Waals surface area contributed by atoms with Crippen molar-refractivity contribution < 1.29 is 4.79 Å². The first-order valence-corrected chi connectivity index (χ1v) is 12.9. The third kappa shape index (κ3) is 5.26. The fraction of sp³-hybridized carbons (Fsp3) is 0.156. The lowest BCUT2D eigenvalue weighted by Crippen LogP contribution is -2.59. The van der Waals surface area contributed by atoms with Gasteiger partial charge in [-0.3, -0.25) is 4.90 Å². The average molecular weight is 500 g/mol. The number of carbonyl (C=O) groups excluding carboxylic acids is 1. The van der Waals surface area contributed by atoms with Gasteiger partial charge in [0.05, 0.1) is 28.5 Å². The van der Waals surface area contributed by atoms with E-state index < -0.39 is 0 Å². The van der Waals surface area contributed by atoms with Gasteiger partial charge < -0.3 is 10.6 Å². The molecule has 2 heterocycles. The normalized spacial score (nSPS) is 13.7. The zero-order valence-electron chi connectivity index (χ0n) is 21.3. The number of hydrogen-bond donors (Lipinski definition) is 2. The van der Waals surface area contributed by atoms with E-state index in [-0.39, 0.29) is 12.1 Å².